The fourth-order valence-electron chi connectivity index (χ4n) is 0.843. The highest BCUT2D eigenvalue weighted by Crippen LogP contribution is 2.37. The Labute approximate surface area is 88.5 Å². The Morgan fingerprint density at radius 2 is 1.93 bits per heavy atom. The van der Waals surface area contributed by atoms with Crippen molar-refractivity contribution in [3.63, 3.8) is 0 Å². The Kier molecular flexibility index (Phi) is 4.75. The number of hydrogen-bond acceptors (Lipinski definition) is 2. The van der Waals surface area contributed by atoms with E-state index < -0.39 is 8.32 Å². The zero-order valence-electron chi connectivity index (χ0n) is 9.96. The number of hydrogen-bond donors (Lipinski definition) is 0. The van der Waals surface area contributed by atoms with E-state index in [0.29, 0.717) is 6.42 Å². The molecule has 0 aromatic rings. The monoisotopic (exact) mass is 214 g/mol. The number of rotatable bonds is 5. The van der Waals surface area contributed by atoms with Gasteiger partial charge in [0, 0.05) is 6.42 Å². The SMILES string of the molecule is C=C[C@@H](CC=O)O[Si](C)(C)C(C)(C)C. The van der Waals surface area contributed by atoms with E-state index in [-0.39, 0.29) is 11.1 Å². The quantitative estimate of drug-likeness (QED) is 0.399. The summed E-state index contributed by atoms with van der Waals surface area (Å²) in [5.74, 6) is 0. The summed E-state index contributed by atoms with van der Waals surface area (Å²) in [6, 6.07) is 0. The van der Waals surface area contributed by atoms with E-state index in [2.05, 4.69) is 40.4 Å². The molecule has 0 heterocycles. The molecule has 0 bridgehead atoms. The standard InChI is InChI=1S/C11H22O2Si/c1-7-10(8-9-12)13-14(5,6)11(2,3)4/h7,9-10H,1,8H2,2-6H3/t10-/m0/s1. The van der Waals surface area contributed by atoms with Gasteiger partial charge in [0.1, 0.15) is 6.29 Å². The van der Waals surface area contributed by atoms with Gasteiger partial charge in [0.15, 0.2) is 8.32 Å². The molecule has 2 nitrogen and oxygen atoms in total. The lowest BCUT2D eigenvalue weighted by atomic mass is 10.2. The molecule has 0 aromatic heterocycles. The smallest absolute Gasteiger partial charge is 0.192 e. The summed E-state index contributed by atoms with van der Waals surface area (Å²) in [5, 5.41) is 0.178. The summed E-state index contributed by atoms with van der Waals surface area (Å²) in [6.45, 7) is 14.6. The van der Waals surface area contributed by atoms with Gasteiger partial charge in [-0.2, -0.15) is 0 Å². The van der Waals surface area contributed by atoms with Crippen LogP contribution in [-0.2, 0) is 9.22 Å². The summed E-state index contributed by atoms with van der Waals surface area (Å²) in [4.78, 5) is 10.4. The maximum Gasteiger partial charge on any atom is 0.192 e. The molecule has 0 N–H and O–H groups in total. The van der Waals surface area contributed by atoms with Crippen LogP contribution in [0.2, 0.25) is 18.1 Å². The first-order chi connectivity index (χ1) is 6.24. The van der Waals surface area contributed by atoms with E-state index in [0.717, 1.165) is 6.29 Å². The highest BCUT2D eigenvalue weighted by Gasteiger charge is 2.38. The lowest BCUT2D eigenvalue weighted by molar-refractivity contribution is -0.108. The number of carbonyl (C=O) groups is 1. The minimum atomic E-state index is -1.76. The first-order valence-corrected chi connectivity index (χ1v) is 7.89. The summed E-state index contributed by atoms with van der Waals surface area (Å²) >= 11 is 0. The molecule has 14 heavy (non-hydrogen) atoms. The predicted octanol–water partition coefficient (Wildman–Crippen LogP) is 3.15. The largest absolute Gasteiger partial charge is 0.410 e. The molecular formula is C11H22O2Si. The fourth-order valence-corrected chi connectivity index (χ4v) is 2.15. The van der Waals surface area contributed by atoms with Crippen LogP contribution in [0.1, 0.15) is 27.2 Å². The van der Waals surface area contributed by atoms with Crippen LogP contribution in [0.5, 0.6) is 0 Å². The summed E-state index contributed by atoms with van der Waals surface area (Å²) in [5.41, 5.74) is 0. The van der Waals surface area contributed by atoms with Gasteiger partial charge in [-0.3, -0.25) is 0 Å². The van der Waals surface area contributed by atoms with Crippen molar-refractivity contribution in [2.24, 2.45) is 0 Å². The maximum absolute atomic E-state index is 10.4. The molecule has 0 spiro atoms. The van der Waals surface area contributed by atoms with E-state index in [9.17, 15) is 4.79 Å². The minimum absolute atomic E-state index is 0.117. The predicted molar refractivity (Wildman–Crippen MR) is 62.9 cm³/mol. The van der Waals surface area contributed by atoms with Crippen LogP contribution in [-0.4, -0.2) is 20.7 Å². The third-order valence-corrected chi connectivity index (χ3v) is 7.35. The van der Waals surface area contributed by atoms with Crippen LogP contribution in [0.4, 0.5) is 0 Å². The summed E-state index contributed by atoms with van der Waals surface area (Å²) < 4.78 is 5.98. The van der Waals surface area contributed by atoms with Gasteiger partial charge in [-0.15, -0.1) is 6.58 Å². The van der Waals surface area contributed by atoms with Crippen molar-refractivity contribution in [2.45, 2.75) is 51.4 Å². The van der Waals surface area contributed by atoms with Crippen molar-refractivity contribution in [1.29, 1.82) is 0 Å². The third-order valence-electron chi connectivity index (χ3n) is 2.84. The van der Waals surface area contributed by atoms with Crippen molar-refractivity contribution in [3.8, 4) is 0 Å². The van der Waals surface area contributed by atoms with Crippen LogP contribution < -0.4 is 0 Å². The topological polar surface area (TPSA) is 26.3 Å². The molecule has 0 aromatic carbocycles. The normalized spacial score (nSPS) is 14.9. The molecule has 1 atom stereocenters. The molecule has 0 unspecified atom stereocenters. The zero-order chi connectivity index (χ0) is 11.4. The Bertz CT molecular complexity index is 204. The fraction of sp³-hybridized carbons (Fsp3) is 0.727. The molecule has 3 heteroatoms. The Morgan fingerprint density at radius 1 is 1.43 bits per heavy atom. The molecule has 82 valence electrons. The summed E-state index contributed by atoms with van der Waals surface area (Å²) in [7, 11) is -1.76. The number of carbonyl (C=O) groups excluding carboxylic acids is 1. The molecular weight excluding hydrogens is 192 g/mol. The third kappa shape index (κ3) is 3.76. The van der Waals surface area contributed by atoms with Crippen LogP contribution in [0.15, 0.2) is 12.7 Å². The van der Waals surface area contributed by atoms with Crippen molar-refractivity contribution < 1.29 is 9.22 Å². The highest BCUT2D eigenvalue weighted by molar-refractivity contribution is 6.74. The van der Waals surface area contributed by atoms with Crippen LogP contribution in [0.3, 0.4) is 0 Å². The zero-order valence-corrected chi connectivity index (χ0v) is 11.0. The van der Waals surface area contributed by atoms with Gasteiger partial charge in [-0.25, -0.2) is 0 Å². The molecule has 0 saturated carbocycles. The lowest BCUT2D eigenvalue weighted by Crippen LogP contribution is -2.43. The van der Waals surface area contributed by atoms with E-state index in [4.69, 9.17) is 4.43 Å². The second kappa shape index (κ2) is 4.89. The van der Waals surface area contributed by atoms with E-state index in [1.54, 1.807) is 6.08 Å². The van der Waals surface area contributed by atoms with E-state index in [1.165, 1.54) is 0 Å². The van der Waals surface area contributed by atoms with Gasteiger partial charge >= 0.3 is 0 Å². The van der Waals surface area contributed by atoms with Crippen LogP contribution >= 0.6 is 0 Å². The lowest BCUT2D eigenvalue weighted by Gasteiger charge is -2.38. The Morgan fingerprint density at radius 3 is 2.21 bits per heavy atom. The van der Waals surface area contributed by atoms with Gasteiger partial charge in [-0.05, 0) is 18.1 Å². The van der Waals surface area contributed by atoms with Gasteiger partial charge in [-0.1, -0.05) is 26.8 Å². The van der Waals surface area contributed by atoms with Gasteiger partial charge in [0.2, 0.25) is 0 Å². The van der Waals surface area contributed by atoms with Gasteiger partial charge in [0.25, 0.3) is 0 Å². The molecule has 0 aliphatic carbocycles. The Hall–Kier alpha value is -0.413. The van der Waals surface area contributed by atoms with Gasteiger partial charge in [0.05, 0.1) is 6.10 Å². The van der Waals surface area contributed by atoms with Crippen molar-refractivity contribution in [3.05, 3.63) is 12.7 Å². The highest BCUT2D eigenvalue weighted by atomic mass is 28.4. The molecule has 0 amide bonds. The molecule has 0 aliphatic rings. The van der Waals surface area contributed by atoms with E-state index >= 15 is 0 Å². The second-order valence-corrected chi connectivity index (χ2v) is 9.81. The average molecular weight is 214 g/mol. The van der Waals surface area contributed by atoms with Crippen LogP contribution in [0.25, 0.3) is 0 Å². The first-order valence-electron chi connectivity index (χ1n) is 4.98. The Balaban J connectivity index is 4.46. The minimum Gasteiger partial charge on any atom is -0.410 e. The summed E-state index contributed by atoms with van der Waals surface area (Å²) in [6.07, 6.45) is 2.90. The van der Waals surface area contributed by atoms with Gasteiger partial charge < -0.3 is 9.22 Å². The second-order valence-electron chi connectivity index (χ2n) is 5.05. The average Bonchev–Trinajstić information content (AvgIpc) is 2.01. The van der Waals surface area contributed by atoms with E-state index in [1.807, 2.05) is 0 Å². The van der Waals surface area contributed by atoms with Crippen LogP contribution in [0, 0.1) is 0 Å². The van der Waals surface area contributed by atoms with Crippen molar-refractivity contribution >= 4 is 14.6 Å². The van der Waals surface area contributed by atoms with Crippen molar-refractivity contribution in [1.82, 2.24) is 0 Å². The van der Waals surface area contributed by atoms with Crippen molar-refractivity contribution in [2.75, 3.05) is 0 Å². The molecule has 0 rings (SSSR count). The number of aldehydes is 1. The molecule has 0 aliphatic heterocycles. The molecule has 0 fully saturated rings. The maximum atomic E-state index is 10.4. The first kappa shape index (κ1) is 13.6. The molecule has 0 radical (unpaired) electrons. The molecule has 0 saturated heterocycles.